The van der Waals surface area contributed by atoms with E-state index in [9.17, 15) is 0 Å². The van der Waals surface area contributed by atoms with Gasteiger partial charge >= 0.3 is 0 Å². The van der Waals surface area contributed by atoms with Crippen molar-refractivity contribution in [3.8, 4) is 5.75 Å². The van der Waals surface area contributed by atoms with Crippen molar-refractivity contribution in [3.05, 3.63) is 93.8 Å². The minimum absolute atomic E-state index is 0.126. The maximum absolute atomic E-state index is 6.11. The molecule has 25 heavy (non-hydrogen) atoms. The van der Waals surface area contributed by atoms with Crippen molar-refractivity contribution in [2.24, 2.45) is 0 Å². The SMILES string of the molecule is Cc1ncc2c(c1OCc1ccccc1)COC2c1ccc(Cl)cc1. The summed E-state index contributed by atoms with van der Waals surface area (Å²) in [6.07, 6.45) is 1.77. The number of aryl methyl sites for hydroxylation is 1. The molecule has 0 saturated carbocycles. The predicted molar refractivity (Wildman–Crippen MR) is 97.8 cm³/mol. The number of nitrogens with zero attached hydrogens (tertiary/aromatic N) is 1. The van der Waals surface area contributed by atoms with Crippen molar-refractivity contribution in [1.29, 1.82) is 0 Å². The molecule has 0 fully saturated rings. The van der Waals surface area contributed by atoms with Crippen LogP contribution in [0.2, 0.25) is 5.02 Å². The van der Waals surface area contributed by atoms with Crippen LogP contribution in [0, 0.1) is 6.92 Å². The molecule has 3 aromatic rings. The number of benzene rings is 2. The van der Waals surface area contributed by atoms with Crippen LogP contribution in [0.1, 0.15) is 34.1 Å². The van der Waals surface area contributed by atoms with Gasteiger partial charge in [-0.05, 0) is 30.2 Å². The van der Waals surface area contributed by atoms with Crippen LogP contribution >= 0.6 is 11.6 Å². The predicted octanol–water partition coefficient (Wildman–Crippen LogP) is 5.24. The summed E-state index contributed by atoms with van der Waals surface area (Å²) in [6, 6.07) is 17.9. The Bertz CT molecular complexity index is 878. The van der Waals surface area contributed by atoms with Crippen LogP contribution in [0.3, 0.4) is 0 Å². The first-order chi connectivity index (χ1) is 12.2. The van der Waals surface area contributed by atoms with E-state index < -0.39 is 0 Å². The topological polar surface area (TPSA) is 31.4 Å². The summed E-state index contributed by atoms with van der Waals surface area (Å²) in [6.45, 7) is 3.01. The second-order valence-electron chi connectivity index (χ2n) is 6.12. The van der Waals surface area contributed by atoms with Crippen LogP contribution in [-0.4, -0.2) is 4.98 Å². The van der Waals surface area contributed by atoms with E-state index in [2.05, 4.69) is 17.1 Å². The first-order valence-corrected chi connectivity index (χ1v) is 8.62. The highest BCUT2D eigenvalue weighted by Crippen LogP contribution is 2.41. The Morgan fingerprint density at radius 3 is 2.64 bits per heavy atom. The molecule has 3 nitrogen and oxygen atoms in total. The molecule has 1 aromatic heterocycles. The largest absolute Gasteiger partial charge is 0.487 e. The Morgan fingerprint density at radius 2 is 1.88 bits per heavy atom. The van der Waals surface area contributed by atoms with Gasteiger partial charge in [0.05, 0.1) is 12.3 Å². The lowest BCUT2D eigenvalue weighted by Crippen LogP contribution is -2.03. The van der Waals surface area contributed by atoms with Gasteiger partial charge in [0.25, 0.3) is 0 Å². The summed E-state index contributed by atoms with van der Waals surface area (Å²) in [7, 11) is 0. The fraction of sp³-hybridized carbons (Fsp3) is 0.190. The highest BCUT2D eigenvalue weighted by Gasteiger charge is 2.29. The molecule has 0 amide bonds. The first-order valence-electron chi connectivity index (χ1n) is 8.24. The highest BCUT2D eigenvalue weighted by atomic mass is 35.5. The Morgan fingerprint density at radius 1 is 1.12 bits per heavy atom. The molecule has 2 heterocycles. The number of hydrogen-bond donors (Lipinski definition) is 0. The smallest absolute Gasteiger partial charge is 0.146 e. The highest BCUT2D eigenvalue weighted by molar-refractivity contribution is 6.30. The van der Waals surface area contributed by atoms with E-state index in [1.807, 2.05) is 55.6 Å². The van der Waals surface area contributed by atoms with Crippen molar-refractivity contribution < 1.29 is 9.47 Å². The minimum Gasteiger partial charge on any atom is -0.487 e. The zero-order valence-electron chi connectivity index (χ0n) is 13.9. The van der Waals surface area contributed by atoms with Gasteiger partial charge in [0.2, 0.25) is 0 Å². The molecule has 0 aliphatic carbocycles. The number of ether oxygens (including phenoxy) is 2. The molecule has 4 heteroatoms. The third-order valence-electron chi connectivity index (χ3n) is 4.42. The molecule has 0 saturated heterocycles. The second-order valence-corrected chi connectivity index (χ2v) is 6.56. The van der Waals surface area contributed by atoms with E-state index >= 15 is 0 Å². The van der Waals surface area contributed by atoms with Gasteiger partial charge in [0.15, 0.2) is 0 Å². The van der Waals surface area contributed by atoms with Crippen LogP contribution in [0.15, 0.2) is 60.8 Å². The Kier molecular flexibility index (Phi) is 4.43. The monoisotopic (exact) mass is 351 g/mol. The molecule has 1 atom stereocenters. The Balaban J connectivity index is 1.63. The van der Waals surface area contributed by atoms with Crippen molar-refractivity contribution in [2.75, 3.05) is 0 Å². The molecular formula is C21H18ClNO2. The van der Waals surface area contributed by atoms with Crippen LogP contribution in [0.25, 0.3) is 0 Å². The maximum Gasteiger partial charge on any atom is 0.146 e. The molecule has 0 bridgehead atoms. The zero-order chi connectivity index (χ0) is 17.2. The third kappa shape index (κ3) is 3.26. The summed E-state index contributed by atoms with van der Waals surface area (Å²) < 4.78 is 12.1. The van der Waals surface area contributed by atoms with Crippen molar-refractivity contribution in [3.63, 3.8) is 0 Å². The average Bonchev–Trinajstić information content (AvgIpc) is 3.06. The number of halogens is 1. The number of aromatic nitrogens is 1. The van der Waals surface area contributed by atoms with Gasteiger partial charge < -0.3 is 9.47 Å². The van der Waals surface area contributed by atoms with Crippen LogP contribution in [0.5, 0.6) is 5.75 Å². The third-order valence-corrected chi connectivity index (χ3v) is 4.68. The fourth-order valence-electron chi connectivity index (χ4n) is 3.12. The van der Waals surface area contributed by atoms with E-state index in [-0.39, 0.29) is 6.10 Å². The van der Waals surface area contributed by atoms with Gasteiger partial charge in [-0.15, -0.1) is 0 Å². The van der Waals surface area contributed by atoms with Gasteiger partial charge in [-0.25, -0.2) is 0 Å². The number of hydrogen-bond acceptors (Lipinski definition) is 3. The molecule has 0 N–H and O–H groups in total. The lowest BCUT2D eigenvalue weighted by atomic mass is 10.0. The van der Waals surface area contributed by atoms with Gasteiger partial charge in [-0.1, -0.05) is 54.1 Å². The molecule has 1 unspecified atom stereocenters. The first kappa shape index (κ1) is 16.1. The molecule has 1 aliphatic rings. The van der Waals surface area contributed by atoms with E-state index in [1.165, 1.54) is 0 Å². The van der Waals surface area contributed by atoms with Gasteiger partial charge in [-0.3, -0.25) is 4.98 Å². The number of fused-ring (bicyclic) bond motifs is 1. The molecule has 4 rings (SSSR count). The molecule has 1 aliphatic heterocycles. The van der Waals surface area contributed by atoms with E-state index in [1.54, 1.807) is 0 Å². The summed E-state index contributed by atoms with van der Waals surface area (Å²) in [5, 5.41) is 0.718. The summed E-state index contributed by atoms with van der Waals surface area (Å²) in [5.74, 6) is 0.831. The van der Waals surface area contributed by atoms with Crippen molar-refractivity contribution >= 4 is 11.6 Å². The van der Waals surface area contributed by atoms with Gasteiger partial charge in [-0.2, -0.15) is 0 Å². The summed E-state index contributed by atoms with van der Waals surface area (Å²) in [5.41, 5.74) is 5.24. The van der Waals surface area contributed by atoms with Gasteiger partial charge in [0, 0.05) is 22.3 Å². The number of rotatable bonds is 4. The standard InChI is InChI=1S/C21H18ClNO2/c1-14-20(24-12-15-5-3-2-4-6-15)19-13-25-21(18(19)11-23-14)16-7-9-17(22)10-8-16/h2-11,21H,12-13H2,1H3. The molecular weight excluding hydrogens is 334 g/mol. The van der Waals surface area contributed by atoms with Gasteiger partial charge in [0.1, 0.15) is 18.5 Å². The van der Waals surface area contributed by atoms with Crippen molar-refractivity contribution in [1.82, 2.24) is 4.98 Å². The quantitative estimate of drug-likeness (QED) is 0.644. The number of pyridine rings is 1. The fourth-order valence-corrected chi connectivity index (χ4v) is 3.24. The van der Waals surface area contributed by atoms with E-state index in [4.69, 9.17) is 21.1 Å². The summed E-state index contributed by atoms with van der Waals surface area (Å²) in [4.78, 5) is 4.53. The van der Waals surface area contributed by atoms with E-state index in [0.29, 0.717) is 13.2 Å². The molecule has 126 valence electrons. The molecule has 0 spiro atoms. The summed E-state index contributed by atoms with van der Waals surface area (Å²) >= 11 is 5.99. The minimum atomic E-state index is -0.126. The Labute approximate surface area is 152 Å². The lowest BCUT2D eigenvalue weighted by Gasteiger charge is -2.14. The van der Waals surface area contributed by atoms with Crippen LogP contribution < -0.4 is 4.74 Å². The lowest BCUT2D eigenvalue weighted by molar-refractivity contribution is 0.0928. The maximum atomic E-state index is 6.11. The second kappa shape index (κ2) is 6.87. The van der Waals surface area contributed by atoms with Crippen LogP contribution in [-0.2, 0) is 18.0 Å². The Hall–Kier alpha value is -2.36. The average molecular weight is 352 g/mol. The van der Waals surface area contributed by atoms with Crippen molar-refractivity contribution in [2.45, 2.75) is 26.2 Å². The normalized spacial score (nSPS) is 15.8. The molecule has 2 aromatic carbocycles. The zero-order valence-corrected chi connectivity index (χ0v) is 14.7. The van der Waals surface area contributed by atoms with Crippen LogP contribution in [0.4, 0.5) is 0 Å². The molecule has 0 radical (unpaired) electrons. The van der Waals surface area contributed by atoms with E-state index in [0.717, 1.165) is 38.7 Å².